The molecule has 0 aliphatic rings. The van der Waals surface area contributed by atoms with E-state index in [0.29, 0.717) is 0 Å². The Balaban J connectivity index is 2.24. The van der Waals surface area contributed by atoms with E-state index < -0.39 is 17.6 Å². The molecule has 0 radical (unpaired) electrons. The Kier molecular flexibility index (Phi) is 4.37. The fourth-order valence-corrected chi connectivity index (χ4v) is 1.77. The number of hydrogen-bond acceptors (Lipinski definition) is 3. The van der Waals surface area contributed by atoms with Gasteiger partial charge in [-0.3, -0.25) is 0 Å². The number of ether oxygens (including phenoxy) is 2. The van der Waals surface area contributed by atoms with Gasteiger partial charge in [0.2, 0.25) is 0 Å². The number of carboxylic acids is 1. The van der Waals surface area contributed by atoms with E-state index in [0.717, 1.165) is 18.2 Å². The third-order valence-corrected chi connectivity index (χ3v) is 2.82. The van der Waals surface area contributed by atoms with Crippen LogP contribution in [0.2, 0.25) is 0 Å². The minimum atomic E-state index is -1.25. The van der Waals surface area contributed by atoms with Crippen molar-refractivity contribution in [1.29, 1.82) is 0 Å². The summed E-state index contributed by atoms with van der Waals surface area (Å²) in [6.45, 7) is -0.243. The number of carboxylic acid groups (broad SMARTS) is 1. The first-order valence-corrected chi connectivity index (χ1v) is 6.00. The Hall–Kier alpha value is -2.63. The molecule has 21 heavy (non-hydrogen) atoms. The first-order chi connectivity index (χ1) is 10.0. The Morgan fingerprint density at radius 3 is 2.62 bits per heavy atom. The summed E-state index contributed by atoms with van der Waals surface area (Å²) in [4.78, 5) is 11.0. The van der Waals surface area contributed by atoms with Crippen LogP contribution in [-0.4, -0.2) is 18.2 Å². The fraction of sp³-hybridized carbons (Fsp3) is 0.133. The van der Waals surface area contributed by atoms with Gasteiger partial charge in [0, 0.05) is 11.6 Å². The number of halogens is 2. The Morgan fingerprint density at radius 1 is 1.19 bits per heavy atom. The Bertz CT molecular complexity index is 671. The molecule has 0 saturated carbocycles. The van der Waals surface area contributed by atoms with Crippen molar-refractivity contribution in [3.8, 4) is 11.5 Å². The van der Waals surface area contributed by atoms with E-state index in [2.05, 4.69) is 0 Å². The molecule has 2 aromatic rings. The van der Waals surface area contributed by atoms with Gasteiger partial charge in [0.15, 0.2) is 11.6 Å². The van der Waals surface area contributed by atoms with E-state index in [4.69, 9.17) is 14.6 Å². The molecule has 0 spiro atoms. The van der Waals surface area contributed by atoms with Gasteiger partial charge in [-0.1, -0.05) is 12.1 Å². The lowest BCUT2D eigenvalue weighted by atomic mass is 10.2. The van der Waals surface area contributed by atoms with Crippen LogP contribution in [0.4, 0.5) is 8.78 Å². The van der Waals surface area contributed by atoms with Crippen molar-refractivity contribution in [3.63, 3.8) is 0 Å². The van der Waals surface area contributed by atoms with Crippen LogP contribution in [0, 0.1) is 11.6 Å². The molecule has 0 aliphatic carbocycles. The van der Waals surface area contributed by atoms with Crippen molar-refractivity contribution < 1.29 is 28.2 Å². The summed E-state index contributed by atoms with van der Waals surface area (Å²) in [5.74, 6) is -2.61. The lowest BCUT2D eigenvalue weighted by molar-refractivity contribution is 0.0691. The molecule has 110 valence electrons. The highest BCUT2D eigenvalue weighted by Gasteiger charge is 2.14. The summed E-state index contributed by atoms with van der Waals surface area (Å²) >= 11 is 0. The highest BCUT2D eigenvalue weighted by atomic mass is 19.1. The normalized spacial score (nSPS) is 10.2. The molecule has 2 aromatic carbocycles. The van der Waals surface area contributed by atoms with E-state index in [1.54, 1.807) is 6.07 Å². The number of hydrogen-bond donors (Lipinski definition) is 1. The van der Waals surface area contributed by atoms with Crippen LogP contribution < -0.4 is 9.47 Å². The van der Waals surface area contributed by atoms with E-state index >= 15 is 0 Å². The van der Waals surface area contributed by atoms with E-state index in [-0.39, 0.29) is 29.2 Å². The number of rotatable bonds is 5. The monoisotopic (exact) mass is 294 g/mol. The summed E-state index contributed by atoms with van der Waals surface area (Å²) in [7, 11) is 1.33. The third-order valence-electron chi connectivity index (χ3n) is 2.82. The van der Waals surface area contributed by atoms with Gasteiger partial charge < -0.3 is 14.6 Å². The van der Waals surface area contributed by atoms with Crippen molar-refractivity contribution >= 4 is 5.97 Å². The number of benzene rings is 2. The van der Waals surface area contributed by atoms with Crippen molar-refractivity contribution in [1.82, 2.24) is 0 Å². The maximum absolute atomic E-state index is 13.9. The lowest BCUT2D eigenvalue weighted by Crippen LogP contribution is -2.05. The highest BCUT2D eigenvalue weighted by molar-refractivity contribution is 5.90. The van der Waals surface area contributed by atoms with Gasteiger partial charge in [-0.2, -0.15) is 0 Å². The Labute approximate surface area is 119 Å². The second kappa shape index (κ2) is 6.21. The minimum Gasteiger partial charge on any atom is -0.494 e. The van der Waals surface area contributed by atoms with Gasteiger partial charge in [0.25, 0.3) is 0 Å². The predicted octanol–water partition coefficient (Wildman–Crippen LogP) is 3.25. The number of aromatic carboxylic acids is 1. The Morgan fingerprint density at radius 2 is 1.95 bits per heavy atom. The molecule has 6 heteroatoms. The zero-order chi connectivity index (χ0) is 15.4. The van der Waals surface area contributed by atoms with Crippen LogP contribution in [0.15, 0.2) is 36.4 Å². The molecular weight excluding hydrogens is 282 g/mol. The van der Waals surface area contributed by atoms with Crippen molar-refractivity contribution in [2.24, 2.45) is 0 Å². The molecule has 2 rings (SSSR count). The molecule has 0 amide bonds. The summed E-state index contributed by atoms with van der Waals surface area (Å²) < 4.78 is 37.1. The summed E-state index contributed by atoms with van der Waals surface area (Å²) in [6, 6.07) is 7.55. The summed E-state index contributed by atoms with van der Waals surface area (Å²) in [5.41, 5.74) is -0.0188. The fourth-order valence-electron chi connectivity index (χ4n) is 1.77. The average molecular weight is 294 g/mol. The maximum atomic E-state index is 13.9. The molecule has 1 N–H and O–H groups in total. The minimum absolute atomic E-state index is 0.0498. The molecule has 0 aliphatic heterocycles. The number of methoxy groups -OCH3 is 1. The molecule has 0 saturated heterocycles. The lowest BCUT2D eigenvalue weighted by Gasteiger charge is -2.11. The van der Waals surface area contributed by atoms with Crippen LogP contribution in [0.5, 0.6) is 11.5 Å². The standard InChI is InChI=1S/C15H12F2O4/c1-20-12-4-2-3-9(14(12)17)8-21-13-7-10(16)5-6-11(13)15(18)19/h2-7H,8H2,1H3,(H,18,19). The van der Waals surface area contributed by atoms with Gasteiger partial charge >= 0.3 is 5.97 Å². The maximum Gasteiger partial charge on any atom is 0.339 e. The van der Waals surface area contributed by atoms with E-state index in [1.165, 1.54) is 19.2 Å². The predicted molar refractivity (Wildman–Crippen MR) is 70.6 cm³/mol. The van der Waals surface area contributed by atoms with E-state index in [9.17, 15) is 13.6 Å². The van der Waals surface area contributed by atoms with Crippen LogP contribution >= 0.6 is 0 Å². The SMILES string of the molecule is COc1cccc(COc2cc(F)ccc2C(=O)O)c1F. The van der Waals surface area contributed by atoms with Gasteiger partial charge in [0.1, 0.15) is 23.7 Å². The third kappa shape index (κ3) is 3.28. The van der Waals surface area contributed by atoms with Gasteiger partial charge in [-0.15, -0.1) is 0 Å². The smallest absolute Gasteiger partial charge is 0.339 e. The molecule has 0 atom stereocenters. The van der Waals surface area contributed by atoms with Gasteiger partial charge in [0.05, 0.1) is 7.11 Å². The van der Waals surface area contributed by atoms with Gasteiger partial charge in [-0.25, -0.2) is 13.6 Å². The van der Waals surface area contributed by atoms with Crippen LogP contribution in [-0.2, 0) is 6.61 Å². The van der Waals surface area contributed by atoms with Crippen LogP contribution in [0.3, 0.4) is 0 Å². The molecule has 0 heterocycles. The topological polar surface area (TPSA) is 55.8 Å². The van der Waals surface area contributed by atoms with Crippen molar-refractivity contribution in [2.75, 3.05) is 7.11 Å². The molecule has 0 unspecified atom stereocenters. The largest absolute Gasteiger partial charge is 0.494 e. The molecule has 0 fully saturated rings. The first-order valence-electron chi connectivity index (χ1n) is 6.00. The second-order valence-electron chi connectivity index (χ2n) is 4.17. The van der Waals surface area contributed by atoms with Crippen molar-refractivity contribution in [2.45, 2.75) is 6.61 Å². The number of carbonyl (C=O) groups is 1. The molecule has 0 bridgehead atoms. The zero-order valence-electron chi connectivity index (χ0n) is 11.1. The summed E-state index contributed by atoms with van der Waals surface area (Å²) in [6.07, 6.45) is 0. The average Bonchev–Trinajstić information content (AvgIpc) is 2.46. The van der Waals surface area contributed by atoms with Crippen LogP contribution in [0.25, 0.3) is 0 Å². The quantitative estimate of drug-likeness (QED) is 0.919. The summed E-state index contributed by atoms with van der Waals surface area (Å²) in [5, 5.41) is 8.99. The second-order valence-corrected chi connectivity index (χ2v) is 4.17. The molecule has 4 nitrogen and oxygen atoms in total. The molecule has 0 aromatic heterocycles. The molecular formula is C15H12F2O4. The highest BCUT2D eigenvalue weighted by Crippen LogP contribution is 2.24. The van der Waals surface area contributed by atoms with E-state index in [1.807, 2.05) is 0 Å². The van der Waals surface area contributed by atoms with Gasteiger partial charge in [-0.05, 0) is 18.2 Å². The first kappa shape index (κ1) is 14.8. The van der Waals surface area contributed by atoms with Crippen molar-refractivity contribution in [3.05, 3.63) is 59.2 Å². The van der Waals surface area contributed by atoms with Crippen LogP contribution in [0.1, 0.15) is 15.9 Å². The zero-order valence-corrected chi connectivity index (χ0v) is 11.1.